The van der Waals surface area contributed by atoms with Crippen LogP contribution in [0, 0.1) is 0 Å². The number of carbonyl (C=O) groups excluding carboxylic acids is 1. The Kier molecular flexibility index (Phi) is 4.33. The zero-order valence-electron chi connectivity index (χ0n) is 9.27. The summed E-state index contributed by atoms with van der Waals surface area (Å²) in [5.41, 5.74) is 6.44. The summed E-state index contributed by atoms with van der Waals surface area (Å²) in [6.45, 7) is 3.55. The molecule has 0 aromatic heterocycles. The summed E-state index contributed by atoms with van der Waals surface area (Å²) < 4.78 is 5.17. The quantitative estimate of drug-likeness (QED) is 0.464. The summed E-state index contributed by atoms with van der Waals surface area (Å²) in [6.07, 6.45) is 2.18. The van der Waals surface area contributed by atoms with Crippen LogP contribution in [0.2, 0.25) is 0 Å². The maximum atomic E-state index is 10.8. The van der Waals surface area contributed by atoms with Crippen LogP contribution in [0.4, 0.5) is 0 Å². The van der Waals surface area contributed by atoms with Crippen molar-refractivity contribution in [2.45, 2.75) is 6.42 Å². The molecule has 16 heavy (non-hydrogen) atoms. The lowest BCUT2D eigenvalue weighted by Crippen LogP contribution is -2.12. The van der Waals surface area contributed by atoms with Crippen molar-refractivity contribution in [3.63, 3.8) is 0 Å². The van der Waals surface area contributed by atoms with Crippen LogP contribution in [-0.2, 0) is 16.0 Å². The third-order valence-electron chi connectivity index (χ3n) is 2.14. The number of amides is 1. The number of nitrogens with two attached hydrogens (primary N) is 1. The van der Waals surface area contributed by atoms with Gasteiger partial charge in [0.2, 0.25) is 5.91 Å². The van der Waals surface area contributed by atoms with Crippen LogP contribution in [0.1, 0.15) is 5.56 Å². The normalized spacial score (nSPS) is 10.9. The molecule has 0 unspecified atom stereocenters. The van der Waals surface area contributed by atoms with Gasteiger partial charge in [0, 0.05) is 12.0 Å². The molecule has 0 spiro atoms. The highest BCUT2D eigenvalue weighted by Crippen LogP contribution is 2.10. The van der Waals surface area contributed by atoms with Crippen LogP contribution < -0.4 is 5.73 Å². The van der Waals surface area contributed by atoms with E-state index in [9.17, 15) is 4.79 Å². The zero-order valence-corrected chi connectivity index (χ0v) is 9.27. The first-order valence-electron chi connectivity index (χ1n) is 4.90. The molecule has 1 rings (SSSR count). The molecule has 0 bridgehead atoms. The monoisotopic (exact) mass is 217 g/mol. The van der Waals surface area contributed by atoms with Crippen molar-refractivity contribution in [1.29, 1.82) is 0 Å². The summed E-state index contributed by atoms with van der Waals surface area (Å²) in [7, 11) is 1.56. The lowest BCUT2D eigenvalue weighted by atomic mass is 10.1. The first-order valence-corrected chi connectivity index (χ1v) is 4.90. The fourth-order valence-corrected chi connectivity index (χ4v) is 1.24. The number of rotatable bonds is 5. The van der Waals surface area contributed by atoms with Crippen LogP contribution >= 0.6 is 0 Å². The van der Waals surface area contributed by atoms with Gasteiger partial charge in [-0.1, -0.05) is 36.9 Å². The Morgan fingerprint density at radius 2 is 2.06 bits per heavy atom. The molecule has 0 heterocycles. The standard InChI is InChI=1S/C13H15NO2/c1-10(13(14)15)8-12(16-2)9-11-6-4-3-5-7-11/h3-8H,1,9H2,2H3,(H2,14,15)/b12-8-. The SMILES string of the molecule is C=C(/C=C(/Cc1ccccc1)OC)C(N)=O. The average Bonchev–Trinajstić information content (AvgIpc) is 2.29. The minimum Gasteiger partial charge on any atom is -0.501 e. The first-order chi connectivity index (χ1) is 7.63. The van der Waals surface area contributed by atoms with Crippen molar-refractivity contribution in [2.24, 2.45) is 5.73 Å². The Hall–Kier alpha value is -2.03. The van der Waals surface area contributed by atoms with E-state index in [4.69, 9.17) is 10.5 Å². The van der Waals surface area contributed by atoms with Crippen molar-refractivity contribution in [3.8, 4) is 0 Å². The molecule has 0 saturated heterocycles. The minimum absolute atomic E-state index is 0.243. The van der Waals surface area contributed by atoms with Crippen molar-refractivity contribution < 1.29 is 9.53 Å². The predicted octanol–water partition coefficient (Wildman–Crippen LogP) is 1.80. The minimum atomic E-state index is -0.539. The van der Waals surface area contributed by atoms with E-state index in [2.05, 4.69) is 6.58 Å². The number of hydrogen-bond donors (Lipinski definition) is 1. The van der Waals surface area contributed by atoms with Gasteiger partial charge < -0.3 is 10.5 Å². The molecule has 1 aromatic rings. The Balaban J connectivity index is 2.77. The lowest BCUT2D eigenvalue weighted by Gasteiger charge is -2.06. The molecule has 0 aliphatic carbocycles. The highest BCUT2D eigenvalue weighted by Gasteiger charge is 2.03. The lowest BCUT2D eigenvalue weighted by molar-refractivity contribution is -0.114. The van der Waals surface area contributed by atoms with Gasteiger partial charge in [0.05, 0.1) is 7.11 Å². The molecule has 2 N–H and O–H groups in total. The van der Waals surface area contributed by atoms with Crippen molar-refractivity contribution in [3.05, 3.63) is 59.9 Å². The fourth-order valence-electron chi connectivity index (χ4n) is 1.24. The second-order valence-electron chi connectivity index (χ2n) is 3.37. The molecule has 84 valence electrons. The van der Waals surface area contributed by atoms with Crippen LogP contribution in [0.3, 0.4) is 0 Å². The Bertz CT molecular complexity index is 407. The Morgan fingerprint density at radius 3 is 2.56 bits per heavy atom. The Labute approximate surface area is 95.2 Å². The molecule has 1 amide bonds. The third-order valence-corrected chi connectivity index (χ3v) is 2.14. The van der Waals surface area contributed by atoms with Crippen LogP contribution in [-0.4, -0.2) is 13.0 Å². The molecule has 0 saturated carbocycles. The zero-order chi connectivity index (χ0) is 12.0. The second-order valence-corrected chi connectivity index (χ2v) is 3.37. The number of benzene rings is 1. The number of carbonyl (C=O) groups is 1. The molecule has 1 aromatic carbocycles. The highest BCUT2D eigenvalue weighted by atomic mass is 16.5. The van der Waals surface area contributed by atoms with Gasteiger partial charge in [0.1, 0.15) is 5.76 Å². The van der Waals surface area contributed by atoms with Crippen LogP contribution in [0.5, 0.6) is 0 Å². The predicted molar refractivity (Wildman–Crippen MR) is 63.6 cm³/mol. The summed E-state index contributed by atoms with van der Waals surface area (Å²) in [4.78, 5) is 10.8. The van der Waals surface area contributed by atoms with Gasteiger partial charge in [-0.05, 0) is 11.6 Å². The largest absolute Gasteiger partial charge is 0.501 e. The maximum Gasteiger partial charge on any atom is 0.248 e. The first kappa shape index (κ1) is 12.0. The smallest absolute Gasteiger partial charge is 0.248 e. The molecule has 3 nitrogen and oxygen atoms in total. The third kappa shape index (κ3) is 3.61. The molecule has 0 radical (unpaired) electrons. The summed E-state index contributed by atoms with van der Waals surface area (Å²) >= 11 is 0. The summed E-state index contributed by atoms with van der Waals surface area (Å²) in [5.74, 6) is 0.123. The van der Waals surface area contributed by atoms with Crippen molar-refractivity contribution in [2.75, 3.05) is 7.11 Å². The molecular formula is C13H15NO2. The number of allylic oxidation sites excluding steroid dienone is 1. The topological polar surface area (TPSA) is 52.3 Å². The van der Waals surface area contributed by atoms with Gasteiger partial charge in [-0.15, -0.1) is 0 Å². The molecule has 3 heteroatoms. The molecule has 0 fully saturated rings. The van der Waals surface area contributed by atoms with Gasteiger partial charge in [-0.25, -0.2) is 0 Å². The van der Waals surface area contributed by atoms with Crippen LogP contribution in [0.15, 0.2) is 54.3 Å². The number of ether oxygens (including phenoxy) is 1. The van der Waals surface area contributed by atoms with E-state index in [1.54, 1.807) is 13.2 Å². The van der Waals surface area contributed by atoms with Gasteiger partial charge in [0.15, 0.2) is 0 Å². The molecule has 0 atom stereocenters. The van der Waals surface area contributed by atoms with Gasteiger partial charge in [-0.2, -0.15) is 0 Å². The average molecular weight is 217 g/mol. The number of hydrogen-bond acceptors (Lipinski definition) is 2. The van der Waals surface area contributed by atoms with E-state index in [1.165, 1.54) is 0 Å². The van der Waals surface area contributed by atoms with Crippen LogP contribution in [0.25, 0.3) is 0 Å². The van der Waals surface area contributed by atoms with E-state index in [0.29, 0.717) is 12.2 Å². The molecular weight excluding hydrogens is 202 g/mol. The van der Waals surface area contributed by atoms with Crippen molar-refractivity contribution in [1.82, 2.24) is 0 Å². The molecule has 0 aliphatic heterocycles. The highest BCUT2D eigenvalue weighted by molar-refractivity contribution is 5.94. The number of methoxy groups -OCH3 is 1. The van der Waals surface area contributed by atoms with Gasteiger partial charge in [0.25, 0.3) is 0 Å². The van der Waals surface area contributed by atoms with Gasteiger partial charge >= 0.3 is 0 Å². The fraction of sp³-hybridized carbons (Fsp3) is 0.154. The molecule has 0 aliphatic rings. The van der Waals surface area contributed by atoms with E-state index in [-0.39, 0.29) is 5.57 Å². The Morgan fingerprint density at radius 1 is 1.44 bits per heavy atom. The van der Waals surface area contributed by atoms with E-state index in [0.717, 1.165) is 5.56 Å². The van der Waals surface area contributed by atoms with E-state index in [1.807, 2.05) is 30.3 Å². The summed E-state index contributed by atoms with van der Waals surface area (Å²) in [6, 6.07) is 9.82. The maximum absolute atomic E-state index is 10.8. The second kappa shape index (κ2) is 5.75. The van der Waals surface area contributed by atoms with Crippen molar-refractivity contribution >= 4 is 5.91 Å². The summed E-state index contributed by atoms with van der Waals surface area (Å²) in [5, 5.41) is 0. The number of primary amides is 1. The van der Waals surface area contributed by atoms with E-state index < -0.39 is 5.91 Å². The van der Waals surface area contributed by atoms with E-state index >= 15 is 0 Å². The van der Waals surface area contributed by atoms with Gasteiger partial charge in [-0.3, -0.25) is 4.79 Å².